The molecule has 29 heavy (non-hydrogen) atoms. The lowest BCUT2D eigenvalue weighted by molar-refractivity contribution is 0.339. The molecule has 148 valence electrons. The van der Waals surface area contributed by atoms with Crippen molar-refractivity contribution in [2.24, 2.45) is 4.99 Å². The largest absolute Gasteiger partial charge is 0.493 e. The number of hydrogen-bond acceptors (Lipinski definition) is 3. The average molecular weight is 446 g/mol. The number of aliphatic imine (C=N–C) groups is 1. The van der Waals surface area contributed by atoms with Crippen molar-refractivity contribution in [3.63, 3.8) is 0 Å². The lowest BCUT2D eigenvalue weighted by Crippen LogP contribution is -2.25. The summed E-state index contributed by atoms with van der Waals surface area (Å²) in [5.74, 6) is 1.47. The van der Waals surface area contributed by atoms with Crippen LogP contribution in [0.5, 0.6) is 5.75 Å². The maximum Gasteiger partial charge on any atom is 0.133 e. The van der Waals surface area contributed by atoms with Crippen molar-refractivity contribution in [1.29, 1.82) is 0 Å². The van der Waals surface area contributed by atoms with E-state index in [-0.39, 0.29) is 12.1 Å². The number of nitrogens with zero attached hydrogens (tertiary/aromatic N) is 1. The number of amidine groups is 1. The Morgan fingerprint density at radius 3 is 2.03 bits per heavy atom. The van der Waals surface area contributed by atoms with E-state index in [4.69, 9.17) is 44.5 Å². The van der Waals surface area contributed by atoms with Crippen molar-refractivity contribution < 1.29 is 4.74 Å². The van der Waals surface area contributed by atoms with E-state index in [9.17, 15) is 0 Å². The van der Waals surface area contributed by atoms with E-state index < -0.39 is 0 Å². The number of nitrogens with one attached hydrogen (secondary N) is 1. The Bertz CT molecular complexity index is 1030. The first-order chi connectivity index (χ1) is 14.0. The van der Waals surface area contributed by atoms with E-state index in [2.05, 4.69) is 5.32 Å². The first-order valence-electron chi connectivity index (χ1n) is 9.33. The van der Waals surface area contributed by atoms with Crippen molar-refractivity contribution in [2.75, 3.05) is 6.61 Å². The van der Waals surface area contributed by atoms with E-state index in [1.165, 1.54) is 0 Å². The molecule has 2 atom stereocenters. The van der Waals surface area contributed by atoms with Gasteiger partial charge in [-0.25, -0.2) is 0 Å². The van der Waals surface area contributed by atoms with E-state index in [0.717, 1.165) is 22.5 Å². The molecule has 0 saturated heterocycles. The van der Waals surface area contributed by atoms with E-state index >= 15 is 0 Å². The highest BCUT2D eigenvalue weighted by atomic mass is 35.5. The average Bonchev–Trinajstić information content (AvgIpc) is 3.14. The Kier molecular flexibility index (Phi) is 6.00. The van der Waals surface area contributed by atoms with Crippen LogP contribution in [-0.4, -0.2) is 12.4 Å². The van der Waals surface area contributed by atoms with Gasteiger partial charge in [-0.05, 0) is 60.5 Å². The fourth-order valence-corrected chi connectivity index (χ4v) is 3.87. The Labute approximate surface area is 185 Å². The lowest BCUT2D eigenvalue weighted by Gasteiger charge is -2.20. The molecule has 0 radical (unpaired) electrons. The number of benzene rings is 3. The summed E-state index contributed by atoms with van der Waals surface area (Å²) in [7, 11) is 0. The summed E-state index contributed by atoms with van der Waals surface area (Å²) in [6.45, 7) is 2.49. The number of rotatable bonds is 5. The van der Waals surface area contributed by atoms with Gasteiger partial charge in [-0.1, -0.05) is 59.1 Å². The molecular weight excluding hydrogens is 427 g/mol. The zero-order valence-corrected chi connectivity index (χ0v) is 18.0. The van der Waals surface area contributed by atoms with Crippen LogP contribution in [-0.2, 0) is 0 Å². The summed E-state index contributed by atoms with van der Waals surface area (Å²) < 4.78 is 5.80. The lowest BCUT2D eigenvalue weighted by atomic mass is 9.95. The van der Waals surface area contributed by atoms with Gasteiger partial charge in [-0.15, -0.1) is 0 Å². The maximum absolute atomic E-state index is 6.17. The summed E-state index contributed by atoms with van der Waals surface area (Å²) in [6.07, 6.45) is 0. The van der Waals surface area contributed by atoms with Gasteiger partial charge in [0, 0.05) is 15.1 Å². The van der Waals surface area contributed by atoms with Gasteiger partial charge >= 0.3 is 0 Å². The zero-order chi connectivity index (χ0) is 20.4. The third-order valence-electron chi connectivity index (χ3n) is 4.82. The number of halogens is 3. The highest BCUT2D eigenvalue weighted by Gasteiger charge is 2.32. The van der Waals surface area contributed by atoms with Crippen molar-refractivity contribution in [1.82, 2.24) is 5.32 Å². The second-order valence-electron chi connectivity index (χ2n) is 6.72. The van der Waals surface area contributed by atoms with Gasteiger partial charge in [0.05, 0.1) is 18.2 Å². The third kappa shape index (κ3) is 4.37. The molecule has 3 aromatic rings. The van der Waals surface area contributed by atoms with E-state index in [1.54, 1.807) is 0 Å². The zero-order valence-electron chi connectivity index (χ0n) is 15.7. The van der Waals surface area contributed by atoms with Crippen molar-refractivity contribution in [3.05, 3.63) is 98.5 Å². The van der Waals surface area contributed by atoms with Crippen LogP contribution in [0.1, 0.15) is 35.7 Å². The van der Waals surface area contributed by atoms with Gasteiger partial charge in [0.15, 0.2) is 0 Å². The van der Waals surface area contributed by atoms with Gasteiger partial charge in [0.25, 0.3) is 0 Å². The summed E-state index contributed by atoms with van der Waals surface area (Å²) in [4.78, 5) is 5.02. The Morgan fingerprint density at radius 2 is 1.41 bits per heavy atom. The molecule has 0 saturated carbocycles. The number of ether oxygens (including phenoxy) is 1. The third-order valence-corrected chi connectivity index (χ3v) is 5.55. The minimum absolute atomic E-state index is 0.0476. The van der Waals surface area contributed by atoms with Crippen LogP contribution in [0, 0.1) is 0 Å². The first kappa shape index (κ1) is 20.1. The summed E-state index contributed by atoms with van der Waals surface area (Å²) in [5.41, 5.74) is 3.05. The summed E-state index contributed by atoms with van der Waals surface area (Å²) in [5, 5.41) is 5.60. The van der Waals surface area contributed by atoms with Gasteiger partial charge in [-0.2, -0.15) is 0 Å². The Hall–Kier alpha value is -2.20. The molecule has 1 heterocycles. The quantitative estimate of drug-likeness (QED) is 0.464. The van der Waals surface area contributed by atoms with E-state index in [0.29, 0.717) is 27.4 Å². The second-order valence-corrected chi connectivity index (χ2v) is 8.03. The van der Waals surface area contributed by atoms with E-state index in [1.807, 2.05) is 73.7 Å². The molecule has 0 spiro atoms. The first-order valence-corrected chi connectivity index (χ1v) is 10.5. The molecule has 0 bridgehead atoms. The van der Waals surface area contributed by atoms with Crippen LogP contribution in [0.15, 0.2) is 71.7 Å². The number of hydrogen-bond donors (Lipinski definition) is 1. The SMILES string of the molecule is CCOc1cc(Cl)ccc1C1=NC(c2ccc(Cl)cc2)C(c2ccc(Cl)cc2)N1. The fraction of sp³-hybridized carbons (Fsp3) is 0.174. The molecule has 0 fully saturated rings. The second kappa shape index (κ2) is 8.66. The van der Waals surface area contributed by atoms with Gasteiger partial charge in [-0.3, -0.25) is 4.99 Å². The molecule has 1 N–H and O–H groups in total. The predicted molar refractivity (Wildman–Crippen MR) is 121 cm³/mol. The molecule has 0 amide bonds. The molecule has 1 aliphatic rings. The Balaban J connectivity index is 1.77. The van der Waals surface area contributed by atoms with Crippen molar-refractivity contribution in [3.8, 4) is 5.75 Å². The van der Waals surface area contributed by atoms with Gasteiger partial charge < -0.3 is 10.1 Å². The van der Waals surface area contributed by atoms with Crippen LogP contribution in [0.3, 0.4) is 0 Å². The molecule has 2 unspecified atom stereocenters. The Morgan fingerprint density at radius 1 is 0.828 bits per heavy atom. The summed E-state index contributed by atoms with van der Waals surface area (Å²) in [6, 6.07) is 21.0. The molecule has 1 aliphatic heterocycles. The molecule has 3 aromatic carbocycles. The van der Waals surface area contributed by atoms with Gasteiger partial charge in [0.1, 0.15) is 17.6 Å². The molecule has 0 aromatic heterocycles. The fourth-order valence-electron chi connectivity index (χ4n) is 3.45. The van der Waals surface area contributed by atoms with Crippen LogP contribution >= 0.6 is 34.8 Å². The van der Waals surface area contributed by atoms with Crippen LogP contribution in [0.4, 0.5) is 0 Å². The van der Waals surface area contributed by atoms with Crippen molar-refractivity contribution >= 4 is 40.6 Å². The summed E-state index contributed by atoms with van der Waals surface area (Å²) >= 11 is 18.4. The smallest absolute Gasteiger partial charge is 0.133 e. The molecule has 3 nitrogen and oxygen atoms in total. The minimum atomic E-state index is -0.117. The predicted octanol–water partition coefficient (Wildman–Crippen LogP) is 6.88. The highest BCUT2D eigenvalue weighted by Crippen LogP contribution is 2.39. The van der Waals surface area contributed by atoms with Crippen LogP contribution in [0.2, 0.25) is 15.1 Å². The molecule has 0 aliphatic carbocycles. The highest BCUT2D eigenvalue weighted by molar-refractivity contribution is 6.31. The van der Waals surface area contributed by atoms with Crippen molar-refractivity contribution in [2.45, 2.75) is 19.0 Å². The monoisotopic (exact) mass is 444 g/mol. The molecule has 4 rings (SSSR count). The molecule has 6 heteroatoms. The normalized spacial score (nSPS) is 18.3. The standard InChI is InChI=1S/C23H19Cl3N2O/c1-2-29-20-13-18(26)11-12-19(20)23-27-21(14-3-7-16(24)8-4-14)22(28-23)15-5-9-17(25)10-6-15/h3-13,21-22H,2H2,1H3,(H,27,28). The molecular formula is C23H19Cl3N2O. The maximum atomic E-state index is 6.17. The van der Waals surface area contributed by atoms with Crippen LogP contribution in [0.25, 0.3) is 0 Å². The van der Waals surface area contributed by atoms with Crippen LogP contribution < -0.4 is 10.1 Å². The van der Waals surface area contributed by atoms with Gasteiger partial charge in [0.2, 0.25) is 0 Å². The topological polar surface area (TPSA) is 33.6 Å². The minimum Gasteiger partial charge on any atom is -0.493 e.